The second-order valence-electron chi connectivity index (χ2n) is 6.70. The number of benzene rings is 4. The molecule has 3 heteroatoms. The van der Waals surface area contributed by atoms with E-state index in [1.807, 2.05) is 24.3 Å². The molecule has 6 aromatic rings. The molecule has 0 saturated carbocycles. The summed E-state index contributed by atoms with van der Waals surface area (Å²) in [5.74, 6) is 0. The van der Waals surface area contributed by atoms with Gasteiger partial charge in [0.2, 0.25) is 0 Å². The van der Waals surface area contributed by atoms with Crippen molar-refractivity contribution < 1.29 is 4.42 Å². The van der Waals surface area contributed by atoms with Gasteiger partial charge in [-0.2, -0.15) is 0 Å². The van der Waals surface area contributed by atoms with E-state index in [1.165, 1.54) is 36.7 Å². The van der Waals surface area contributed by atoms with Crippen molar-refractivity contribution in [3.63, 3.8) is 0 Å². The molecule has 0 saturated heterocycles. The van der Waals surface area contributed by atoms with Gasteiger partial charge < -0.3 is 4.42 Å². The van der Waals surface area contributed by atoms with E-state index in [1.54, 1.807) is 11.3 Å². The van der Waals surface area contributed by atoms with Gasteiger partial charge in [0.25, 0.3) is 0 Å². The number of para-hydroxylation sites is 1. The zero-order valence-electron chi connectivity index (χ0n) is 14.2. The SMILES string of the molecule is Clc1ccc2c(c1)sc1c(-c3cccc4oc5ccccc5c34)cccc12. The van der Waals surface area contributed by atoms with E-state index in [4.69, 9.17) is 16.0 Å². The first-order chi connectivity index (χ1) is 13.3. The quantitative estimate of drug-likeness (QED) is 0.278. The maximum Gasteiger partial charge on any atom is 0.136 e. The zero-order valence-corrected chi connectivity index (χ0v) is 15.8. The van der Waals surface area contributed by atoms with Crippen molar-refractivity contribution in [2.75, 3.05) is 0 Å². The van der Waals surface area contributed by atoms with Crippen LogP contribution in [0.2, 0.25) is 5.02 Å². The Balaban J connectivity index is 1.77. The molecule has 0 N–H and O–H groups in total. The molecule has 6 rings (SSSR count). The van der Waals surface area contributed by atoms with Crippen LogP contribution in [0, 0.1) is 0 Å². The third-order valence-corrected chi connectivity index (χ3v) is 6.59. The first kappa shape index (κ1) is 15.3. The van der Waals surface area contributed by atoms with E-state index < -0.39 is 0 Å². The predicted octanol–water partition coefficient (Wildman–Crippen LogP) is 8.27. The van der Waals surface area contributed by atoms with Crippen molar-refractivity contribution in [3.8, 4) is 11.1 Å². The molecule has 0 atom stereocenters. The van der Waals surface area contributed by atoms with Gasteiger partial charge in [-0.1, -0.05) is 66.2 Å². The van der Waals surface area contributed by atoms with Gasteiger partial charge >= 0.3 is 0 Å². The van der Waals surface area contributed by atoms with Crippen LogP contribution >= 0.6 is 22.9 Å². The molecular formula is C24H13ClOS. The van der Waals surface area contributed by atoms with Crippen LogP contribution in [0.5, 0.6) is 0 Å². The normalized spacial score (nSPS) is 11.9. The molecule has 128 valence electrons. The van der Waals surface area contributed by atoms with Gasteiger partial charge in [0.1, 0.15) is 11.2 Å². The molecule has 2 heterocycles. The molecule has 0 bridgehead atoms. The van der Waals surface area contributed by atoms with Crippen LogP contribution in [0.25, 0.3) is 53.2 Å². The van der Waals surface area contributed by atoms with Gasteiger partial charge in [0, 0.05) is 41.5 Å². The number of rotatable bonds is 1. The highest BCUT2D eigenvalue weighted by Gasteiger charge is 2.16. The van der Waals surface area contributed by atoms with Crippen LogP contribution in [-0.2, 0) is 0 Å². The molecule has 0 aliphatic rings. The van der Waals surface area contributed by atoms with Crippen molar-refractivity contribution in [2.45, 2.75) is 0 Å². The van der Waals surface area contributed by atoms with Crippen LogP contribution in [0.4, 0.5) is 0 Å². The van der Waals surface area contributed by atoms with Crippen molar-refractivity contribution in [1.29, 1.82) is 0 Å². The number of thiophene rings is 1. The average Bonchev–Trinajstić information content (AvgIpc) is 3.25. The lowest BCUT2D eigenvalue weighted by molar-refractivity contribution is 0.669. The smallest absolute Gasteiger partial charge is 0.136 e. The lowest BCUT2D eigenvalue weighted by Crippen LogP contribution is -1.80. The van der Waals surface area contributed by atoms with Crippen LogP contribution < -0.4 is 0 Å². The first-order valence-corrected chi connectivity index (χ1v) is 10.0. The van der Waals surface area contributed by atoms with E-state index in [0.29, 0.717) is 0 Å². The fraction of sp³-hybridized carbons (Fsp3) is 0. The number of hydrogen-bond acceptors (Lipinski definition) is 2. The van der Waals surface area contributed by atoms with E-state index in [2.05, 4.69) is 54.6 Å². The van der Waals surface area contributed by atoms with E-state index in [9.17, 15) is 0 Å². The molecule has 0 amide bonds. The minimum absolute atomic E-state index is 0.776. The Labute approximate surface area is 164 Å². The maximum absolute atomic E-state index is 6.23. The molecule has 0 radical (unpaired) electrons. The lowest BCUT2D eigenvalue weighted by atomic mass is 9.98. The van der Waals surface area contributed by atoms with Crippen LogP contribution in [0.15, 0.2) is 83.3 Å². The topological polar surface area (TPSA) is 13.1 Å². The van der Waals surface area contributed by atoms with Crippen molar-refractivity contribution in [1.82, 2.24) is 0 Å². The van der Waals surface area contributed by atoms with E-state index in [0.717, 1.165) is 21.6 Å². The Morgan fingerprint density at radius 3 is 2.41 bits per heavy atom. The Hall–Kier alpha value is -2.81. The molecule has 4 aromatic carbocycles. The summed E-state index contributed by atoms with van der Waals surface area (Å²) < 4.78 is 8.59. The zero-order chi connectivity index (χ0) is 18.0. The second-order valence-corrected chi connectivity index (χ2v) is 8.19. The van der Waals surface area contributed by atoms with Crippen LogP contribution in [0.1, 0.15) is 0 Å². The third-order valence-electron chi connectivity index (χ3n) is 5.15. The van der Waals surface area contributed by atoms with E-state index >= 15 is 0 Å². The summed E-state index contributed by atoms with van der Waals surface area (Å²) in [4.78, 5) is 0. The summed E-state index contributed by atoms with van der Waals surface area (Å²) >= 11 is 8.02. The average molecular weight is 385 g/mol. The monoisotopic (exact) mass is 384 g/mol. The molecule has 0 fully saturated rings. The standard InChI is InChI=1S/C24H13ClOS/c25-14-11-12-15-17-7-3-8-18(24(17)27-22(15)13-14)16-6-4-10-21-23(16)19-5-1-2-9-20(19)26-21/h1-13H. The molecule has 0 unspecified atom stereocenters. The summed E-state index contributed by atoms with van der Waals surface area (Å²) in [5.41, 5.74) is 4.30. The predicted molar refractivity (Wildman–Crippen MR) is 117 cm³/mol. The maximum atomic E-state index is 6.23. The highest BCUT2D eigenvalue weighted by atomic mass is 35.5. The highest BCUT2D eigenvalue weighted by Crippen LogP contribution is 2.44. The first-order valence-electron chi connectivity index (χ1n) is 8.81. The minimum atomic E-state index is 0.776. The number of hydrogen-bond donors (Lipinski definition) is 0. The van der Waals surface area contributed by atoms with Gasteiger partial charge in [-0.05, 0) is 29.8 Å². The van der Waals surface area contributed by atoms with Crippen LogP contribution in [0.3, 0.4) is 0 Å². The second kappa shape index (κ2) is 5.59. The third kappa shape index (κ3) is 2.18. The molecular weight excluding hydrogens is 372 g/mol. The van der Waals surface area contributed by atoms with E-state index in [-0.39, 0.29) is 0 Å². The Morgan fingerprint density at radius 2 is 1.44 bits per heavy atom. The highest BCUT2D eigenvalue weighted by molar-refractivity contribution is 7.26. The van der Waals surface area contributed by atoms with Crippen LogP contribution in [-0.4, -0.2) is 0 Å². The van der Waals surface area contributed by atoms with Crippen molar-refractivity contribution in [2.24, 2.45) is 0 Å². The Kier molecular flexibility index (Phi) is 3.16. The number of furan rings is 1. The number of fused-ring (bicyclic) bond motifs is 6. The lowest BCUT2D eigenvalue weighted by Gasteiger charge is -2.05. The molecule has 0 aliphatic carbocycles. The fourth-order valence-electron chi connectivity index (χ4n) is 3.98. The summed E-state index contributed by atoms with van der Waals surface area (Å²) in [6.45, 7) is 0. The summed E-state index contributed by atoms with van der Waals surface area (Å²) in [7, 11) is 0. The van der Waals surface area contributed by atoms with Gasteiger partial charge in [0.15, 0.2) is 0 Å². The summed E-state index contributed by atoms with van der Waals surface area (Å²) in [6, 6.07) is 27.2. The molecule has 0 aliphatic heterocycles. The van der Waals surface area contributed by atoms with Gasteiger partial charge in [-0.3, -0.25) is 0 Å². The minimum Gasteiger partial charge on any atom is -0.456 e. The summed E-state index contributed by atoms with van der Waals surface area (Å²) in [5, 5.41) is 5.64. The Morgan fingerprint density at radius 1 is 0.667 bits per heavy atom. The Bertz CT molecular complexity index is 1490. The van der Waals surface area contributed by atoms with Gasteiger partial charge in [-0.25, -0.2) is 0 Å². The van der Waals surface area contributed by atoms with Gasteiger partial charge in [-0.15, -0.1) is 11.3 Å². The number of halogens is 1. The largest absolute Gasteiger partial charge is 0.456 e. The molecule has 2 aromatic heterocycles. The van der Waals surface area contributed by atoms with Crippen molar-refractivity contribution >= 4 is 65.0 Å². The molecule has 1 nitrogen and oxygen atoms in total. The van der Waals surface area contributed by atoms with Crippen molar-refractivity contribution in [3.05, 3.63) is 83.9 Å². The molecule has 27 heavy (non-hydrogen) atoms. The summed E-state index contributed by atoms with van der Waals surface area (Å²) in [6.07, 6.45) is 0. The fourth-order valence-corrected chi connectivity index (χ4v) is 5.49. The molecule has 0 spiro atoms. The van der Waals surface area contributed by atoms with Gasteiger partial charge in [0.05, 0.1) is 0 Å².